The summed E-state index contributed by atoms with van der Waals surface area (Å²) in [4.78, 5) is 12.5. The van der Waals surface area contributed by atoms with E-state index in [4.69, 9.17) is 5.11 Å². The summed E-state index contributed by atoms with van der Waals surface area (Å²) in [6.45, 7) is 2.34. The van der Waals surface area contributed by atoms with Crippen molar-refractivity contribution in [3.05, 3.63) is 0 Å². The van der Waals surface area contributed by atoms with Gasteiger partial charge < -0.3 is 15.3 Å². The maximum Gasteiger partial charge on any atom is 0.317 e. The van der Waals surface area contributed by atoms with E-state index in [1.807, 2.05) is 0 Å². The van der Waals surface area contributed by atoms with Gasteiger partial charge in [0.05, 0.1) is 0 Å². The zero-order chi connectivity index (χ0) is 7.40. The minimum Gasteiger partial charge on any atom is -0.396 e. The summed E-state index contributed by atoms with van der Waals surface area (Å²) in [5.41, 5.74) is 0. The van der Waals surface area contributed by atoms with E-state index in [-0.39, 0.29) is 12.6 Å². The van der Waals surface area contributed by atoms with Gasteiger partial charge in [-0.15, -0.1) is 0 Å². The summed E-state index contributed by atoms with van der Waals surface area (Å²) in [7, 11) is 0. The molecular formula is C6H12N2O2. The number of hydrogen-bond donors (Lipinski definition) is 2. The number of hydrogen-bond acceptors (Lipinski definition) is 2. The van der Waals surface area contributed by atoms with Crippen LogP contribution in [-0.2, 0) is 0 Å². The maximum atomic E-state index is 10.8. The van der Waals surface area contributed by atoms with Crippen molar-refractivity contribution in [3.8, 4) is 0 Å². The van der Waals surface area contributed by atoms with Crippen LogP contribution in [0.2, 0.25) is 0 Å². The van der Waals surface area contributed by atoms with Crippen molar-refractivity contribution in [2.45, 2.75) is 6.42 Å². The summed E-state index contributed by atoms with van der Waals surface area (Å²) in [6, 6.07) is -0.00606. The summed E-state index contributed by atoms with van der Waals surface area (Å²) >= 11 is 0. The molecule has 10 heavy (non-hydrogen) atoms. The Morgan fingerprint density at radius 1 is 1.70 bits per heavy atom. The smallest absolute Gasteiger partial charge is 0.317 e. The molecule has 0 aromatic rings. The second-order valence-electron chi connectivity index (χ2n) is 2.30. The Hall–Kier alpha value is -0.770. The predicted octanol–water partition coefficient (Wildman–Crippen LogP) is -0.606. The lowest BCUT2D eigenvalue weighted by Crippen LogP contribution is -2.29. The van der Waals surface area contributed by atoms with E-state index < -0.39 is 0 Å². The highest BCUT2D eigenvalue weighted by atomic mass is 16.3. The zero-order valence-corrected chi connectivity index (χ0v) is 5.84. The molecule has 0 saturated carbocycles. The Labute approximate surface area is 59.8 Å². The fraction of sp³-hybridized carbons (Fsp3) is 0.833. The van der Waals surface area contributed by atoms with E-state index >= 15 is 0 Å². The van der Waals surface area contributed by atoms with Crippen LogP contribution < -0.4 is 5.32 Å². The Kier molecular flexibility index (Phi) is 2.50. The molecule has 1 heterocycles. The molecule has 0 radical (unpaired) electrons. The van der Waals surface area contributed by atoms with Crippen molar-refractivity contribution in [3.63, 3.8) is 0 Å². The monoisotopic (exact) mass is 144 g/mol. The molecule has 1 fully saturated rings. The van der Waals surface area contributed by atoms with E-state index in [0.717, 1.165) is 13.1 Å². The Morgan fingerprint density at radius 3 is 3.00 bits per heavy atom. The van der Waals surface area contributed by atoms with Crippen LogP contribution in [0.5, 0.6) is 0 Å². The van der Waals surface area contributed by atoms with Crippen molar-refractivity contribution >= 4 is 6.03 Å². The minimum atomic E-state index is -0.00606. The highest BCUT2D eigenvalue weighted by Gasteiger charge is 2.17. The molecule has 1 rings (SSSR count). The molecule has 0 bridgehead atoms. The van der Waals surface area contributed by atoms with Gasteiger partial charge >= 0.3 is 6.03 Å². The zero-order valence-electron chi connectivity index (χ0n) is 5.84. The Morgan fingerprint density at radius 2 is 2.50 bits per heavy atom. The first-order valence-electron chi connectivity index (χ1n) is 3.48. The van der Waals surface area contributed by atoms with E-state index in [0.29, 0.717) is 13.0 Å². The third kappa shape index (κ3) is 1.60. The molecule has 0 aliphatic carbocycles. The fourth-order valence-corrected chi connectivity index (χ4v) is 0.986. The molecular weight excluding hydrogens is 132 g/mol. The first kappa shape index (κ1) is 7.34. The van der Waals surface area contributed by atoms with Crippen LogP contribution in [0.25, 0.3) is 0 Å². The van der Waals surface area contributed by atoms with Crippen LogP contribution in [-0.4, -0.2) is 42.3 Å². The molecule has 0 aromatic heterocycles. The Balaban J connectivity index is 2.20. The van der Waals surface area contributed by atoms with E-state index in [1.165, 1.54) is 0 Å². The summed E-state index contributed by atoms with van der Waals surface area (Å²) < 4.78 is 0. The molecule has 0 spiro atoms. The number of nitrogens with zero attached hydrogens (tertiary/aromatic N) is 1. The quantitative estimate of drug-likeness (QED) is 0.555. The van der Waals surface area contributed by atoms with Crippen LogP contribution in [0.15, 0.2) is 0 Å². The van der Waals surface area contributed by atoms with Gasteiger partial charge in [0.15, 0.2) is 0 Å². The molecule has 1 aliphatic rings. The van der Waals surface area contributed by atoms with Gasteiger partial charge in [-0.1, -0.05) is 0 Å². The van der Waals surface area contributed by atoms with Crippen LogP contribution >= 0.6 is 0 Å². The molecule has 2 amide bonds. The summed E-state index contributed by atoms with van der Waals surface area (Å²) in [5, 5.41) is 11.1. The first-order valence-corrected chi connectivity index (χ1v) is 3.48. The van der Waals surface area contributed by atoms with Gasteiger partial charge in [0.2, 0.25) is 0 Å². The molecule has 0 aromatic carbocycles. The number of carbonyl (C=O) groups excluding carboxylic acids is 1. The second kappa shape index (κ2) is 3.41. The molecule has 1 saturated heterocycles. The van der Waals surface area contributed by atoms with E-state index in [1.54, 1.807) is 4.90 Å². The number of rotatable bonds is 3. The van der Waals surface area contributed by atoms with Crippen molar-refractivity contribution < 1.29 is 9.90 Å². The number of aliphatic hydroxyl groups is 1. The van der Waals surface area contributed by atoms with Gasteiger partial charge in [0.1, 0.15) is 0 Å². The van der Waals surface area contributed by atoms with Crippen molar-refractivity contribution in [1.82, 2.24) is 10.2 Å². The number of nitrogens with one attached hydrogen (secondary N) is 1. The third-order valence-corrected chi connectivity index (χ3v) is 1.53. The molecule has 0 atom stereocenters. The van der Waals surface area contributed by atoms with Gasteiger partial charge in [-0.2, -0.15) is 0 Å². The normalized spacial score (nSPS) is 17.7. The highest BCUT2D eigenvalue weighted by molar-refractivity contribution is 5.76. The largest absolute Gasteiger partial charge is 0.396 e. The molecule has 4 heteroatoms. The maximum absolute atomic E-state index is 10.8. The van der Waals surface area contributed by atoms with E-state index in [9.17, 15) is 4.79 Å². The highest BCUT2D eigenvalue weighted by Crippen LogP contribution is 1.96. The topological polar surface area (TPSA) is 52.6 Å². The van der Waals surface area contributed by atoms with Crippen molar-refractivity contribution in [2.75, 3.05) is 26.2 Å². The van der Waals surface area contributed by atoms with E-state index in [2.05, 4.69) is 5.32 Å². The van der Waals surface area contributed by atoms with Gasteiger partial charge in [-0.3, -0.25) is 0 Å². The SMILES string of the molecule is O=C1NCCN1CCCO. The standard InChI is InChI=1S/C6H12N2O2/c9-5-1-3-8-4-2-7-6(8)10/h9H,1-5H2,(H,7,10). The second-order valence-corrected chi connectivity index (χ2v) is 2.30. The third-order valence-electron chi connectivity index (χ3n) is 1.53. The molecule has 1 aliphatic heterocycles. The molecule has 4 nitrogen and oxygen atoms in total. The summed E-state index contributed by atoms with van der Waals surface area (Å²) in [6.07, 6.45) is 0.674. The minimum absolute atomic E-state index is 0.00606. The predicted molar refractivity (Wildman–Crippen MR) is 36.7 cm³/mol. The average molecular weight is 144 g/mol. The fourth-order valence-electron chi connectivity index (χ4n) is 0.986. The molecule has 58 valence electrons. The molecule has 0 unspecified atom stereocenters. The van der Waals surface area contributed by atoms with Crippen LogP contribution in [0.1, 0.15) is 6.42 Å². The average Bonchev–Trinajstić information content (AvgIpc) is 2.31. The van der Waals surface area contributed by atoms with Gasteiger partial charge in [-0.05, 0) is 6.42 Å². The van der Waals surface area contributed by atoms with Gasteiger partial charge in [0.25, 0.3) is 0 Å². The van der Waals surface area contributed by atoms with Gasteiger partial charge in [-0.25, -0.2) is 4.79 Å². The summed E-state index contributed by atoms with van der Waals surface area (Å²) in [5.74, 6) is 0. The first-order chi connectivity index (χ1) is 4.84. The number of carbonyl (C=O) groups is 1. The van der Waals surface area contributed by atoms with Crippen molar-refractivity contribution in [1.29, 1.82) is 0 Å². The number of aliphatic hydroxyl groups excluding tert-OH is 1. The van der Waals surface area contributed by atoms with Crippen molar-refractivity contribution in [2.24, 2.45) is 0 Å². The van der Waals surface area contributed by atoms with Crippen LogP contribution in [0.4, 0.5) is 4.79 Å². The lowest BCUT2D eigenvalue weighted by atomic mass is 10.4. The number of urea groups is 1. The number of amides is 2. The lowest BCUT2D eigenvalue weighted by molar-refractivity contribution is 0.209. The molecule has 2 N–H and O–H groups in total. The Bertz CT molecular complexity index is 127. The van der Waals surface area contributed by atoms with Gasteiger partial charge in [0, 0.05) is 26.2 Å². The van der Waals surface area contributed by atoms with Crippen LogP contribution in [0, 0.1) is 0 Å². The van der Waals surface area contributed by atoms with Crippen LogP contribution in [0.3, 0.4) is 0 Å². The lowest BCUT2D eigenvalue weighted by Gasteiger charge is -2.11.